The van der Waals surface area contributed by atoms with E-state index in [1.165, 1.54) is 6.92 Å². The molecule has 15 heavy (non-hydrogen) atoms. The van der Waals surface area contributed by atoms with E-state index in [0.29, 0.717) is 12.0 Å². The first-order valence-corrected chi connectivity index (χ1v) is 3.80. The van der Waals surface area contributed by atoms with Crippen molar-refractivity contribution in [3.8, 4) is 0 Å². The number of hydrogen-bond donors (Lipinski definition) is 1. The molecule has 0 spiro atoms. The molecular formula is C3H7NO10S. The minimum atomic E-state index is -0.550. The van der Waals surface area contributed by atoms with Gasteiger partial charge in [0.2, 0.25) is 11.9 Å². The zero-order valence-corrected chi connectivity index (χ0v) is 8.09. The molecule has 0 saturated heterocycles. The lowest BCUT2D eigenvalue weighted by Gasteiger charge is -1.99. The maximum atomic E-state index is 10.3. The summed E-state index contributed by atoms with van der Waals surface area (Å²) in [6.07, 6.45) is 0. The fraction of sp³-hybridized carbons (Fsp3) is 0.667. The molecule has 0 bridgehead atoms. The highest BCUT2D eigenvalue weighted by molar-refractivity contribution is 8.09. The number of carbonyl (C=O) groups excluding carboxylic acids is 1. The van der Waals surface area contributed by atoms with Crippen molar-refractivity contribution in [3.63, 3.8) is 0 Å². The van der Waals surface area contributed by atoms with Crippen LogP contribution in [0.4, 0.5) is 0 Å². The van der Waals surface area contributed by atoms with Crippen LogP contribution in [0.15, 0.2) is 0 Å². The van der Waals surface area contributed by atoms with E-state index in [1.807, 2.05) is 0 Å². The summed E-state index contributed by atoms with van der Waals surface area (Å²) in [6, 6.07) is 0. The summed E-state index contributed by atoms with van der Waals surface area (Å²) in [7, 11) is 0. The maximum Gasteiger partial charge on any atom is 0.221 e. The van der Waals surface area contributed by atoms with Crippen molar-refractivity contribution in [3.05, 3.63) is 0 Å². The van der Waals surface area contributed by atoms with Gasteiger partial charge < -0.3 is 0 Å². The van der Waals surface area contributed by atoms with Crippen molar-refractivity contribution in [1.29, 1.82) is 0 Å². The highest BCUT2D eigenvalue weighted by Gasteiger charge is 1.97. The Balaban J connectivity index is 2.89. The lowest BCUT2D eigenvalue weighted by atomic mass is 10.9. The molecule has 0 aromatic heterocycles. The zero-order chi connectivity index (χ0) is 11.4. The van der Waals surface area contributed by atoms with Gasteiger partial charge in [0.1, 0.15) is 12.0 Å². The first-order valence-electron chi connectivity index (χ1n) is 3.05. The van der Waals surface area contributed by atoms with Crippen molar-refractivity contribution in [2.24, 2.45) is 5.90 Å². The normalized spacial score (nSPS) is 10.5. The molecule has 2 N–H and O–H groups in total. The first kappa shape index (κ1) is 14.6. The second kappa shape index (κ2) is 11.7. The van der Waals surface area contributed by atoms with Crippen LogP contribution in [0.25, 0.3) is 0 Å². The Bertz CT molecular complexity index is 156. The smallest absolute Gasteiger partial charge is 0.221 e. The van der Waals surface area contributed by atoms with Gasteiger partial charge in [-0.05, 0) is 20.2 Å². The minimum Gasteiger partial charge on any atom is -0.285 e. The van der Waals surface area contributed by atoms with E-state index in [4.69, 9.17) is 0 Å². The third kappa shape index (κ3) is 13.6. The van der Waals surface area contributed by atoms with E-state index in [1.54, 1.807) is 0 Å². The number of hydrogen-bond acceptors (Lipinski definition) is 12. The van der Waals surface area contributed by atoms with Crippen molar-refractivity contribution in [1.82, 2.24) is 0 Å². The quantitative estimate of drug-likeness (QED) is 0.177. The standard InChI is InChI=1S/C3H7NO10S/c1-3(5)15-14-10-7-2-6-9-12-13-11-8-4/h2,4H2,1H3. The van der Waals surface area contributed by atoms with Crippen LogP contribution in [0.1, 0.15) is 6.92 Å². The summed E-state index contributed by atoms with van der Waals surface area (Å²) in [6.45, 7) is 0.712. The summed E-state index contributed by atoms with van der Waals surface area (Å²) < 4.78 is 4.12. The molecule has 0 radical (unpaired) electrons. The molecule has 0 aromatic carbocycles. The van der Waals surface area contributed by atoms with Gasteiger partial charge in [-0.3, -0.25) is 4.79 Å². The molecule has 0 fully saturated rings. The van der Waals surface area contributed by atoms with Gasteiger partial charge in [-0.1, -0.05) is 5.04 Å². The molecule has 0 aliphatic carbocycles. The van der Waals surface area contributed by atoms with Crippen LogP contribution in [0.2, 0.25) is 0 Å². The SMILES string of the molecule is CC(=O)SOOOCOOOOOON. The van der Waals surface area contributed by atoms with Crippen LogP contribution in [0.3, 0.4) is 0 Å². The maximum absolute atomic E-state index is 10.3. The molecule has 12 heteroatoms. The third-order valence-corrected chi connectivity index (χ3v) is 0.853. The predicted molar refractivity (Wildman–Crippen MR) is 37.1 cm³/mol. The van der Waals surface area contributed by atoms with Gasteiger partial charge in [0.05, 0.1) is 0 Å². The fourth-order valence-electron chi connectivity index (χ4n) is 0.199. The average molecular weight is 249 g/mol. The highest BCUT2D eigenvalue weighted by Crippen LogP contribution is 2.03. The third-order valence-electron chi connectivity index (χ3n) is 0.494. The van der Waals surface area contributed by atoms with E-state index < -0.39 is 6.79 Å². The lowest BCUT2D eigenvalue weighted by molar-refractivity contribution is -0.763. The molecule has 0 aliphatic rings. The number of rotatable bonds is 10. The Kier molecular flexibility index (Phi) is 11.4. The topological polar surface area (TPSA) is 126 Å². The molecule has 0 saturated carbocycles. The Hall–Kier alpha value is -0.380. The van der Waals surface area contributed by atoms with Crippen LogP contribution < -0.4 is 5.90 Å². The van der Waals surface area contributed by atoms with Crippen LogP contribution in [-0.2, 0) is 49.1 Å². The lowest BCUT2D eigenvalue weighted by Crippen LogP contribution is -2.06. The van der Waals surface area contributed by atoms with Gasteiger partial charge in [0.25, 0.3) is 0 Å². The van der Waals surface area contributed by atoms with Gasteiger partial charge >= 0.3 is 0 Å². The molecule has 0 aromatic rings. The summed E-state index contributed by atoms with van der Waals surface area (Å²) in [5.74, 6) is 4.33. The van der Waals surface area contributed by atoms with E-state index in [0.717, 1.165) is 0 Å². The van der Waals surface area contributed by atoms with Crippen LogP contribution in [0, 0.1) is 0 Å². The Morgan fingerprint density at radius 3 is 2.47 bits per heavy atom. The number of carbonyl (C=O) groups is 1. The average Bonchev–Trinajstić information content (AvgIpc) is 2.20. The van der Waals surface area contributed by atoms with Gasteiger partial charge in [-0.2, -0.15) is 15.7 Å². The molecule has 0 unspecified atom stereocenters. The molecule has 11 nitrogen and oxygen atoms in total. The minimum absolute atomic E-state index is 0.327. The summed E-state index contributed by atoms with van der Waals surface area (Å²) in [4.78, 5) is 21.8. The van der Waals surface area contributed by atoms with E-state index >= 15 is 0 Å². The molecule has 0 rings (SSSR count). The molecule has 0 aliphatic heterocycles. The van der Waals surface area contributed by atoms with Gasteiger partial charge in [0, 0.05) is 6.92 Å². The van der Waals surface area contributed by atoms with Crippen molar-refractivity contribution < 1.29 is 49.1 Å². The van der Waals surface area contributed by atoms with Crippen molar-refractivity contribution in [2.45, 2.75) is 6.92 Å². The number of nitrogens with two attached hydrogens (primary N) is 1. The van der Waals surface area contributed by atoms with Crippen LogP contribution in [-0.4, -0.2) is 11.9 Å². The Morgan fingerprint density at radius 1 is 1.13 bits per heavy atom. The molecular weight excluding hydrogens is 242 g/mol. The van der Waals surface area contributed by atoms with Gasteiger partial charge in [-0.15, -0.1) is 9.32 Å². The Labute approximate surface area is 86.8 Å². The summed E-state index contributed by atoms with van der Waals surface area (Å²) >= 11 is 0.417. The van der Waals surface area contributed by atoms with Gasteiger partial charge in [-0.25, -0.2) is 0 Å². The van der Waals surface area contributed by atoms with Crippen molar-refractivity contribution in [2.75, 3.05) is 6.79 Å². The Morgan fingerprint density at radius 2 is 1.80 bits per heavy atom. The van der Waals surface area contributed by atoms with Crippen molar-refractivity contribution >= 4 is 17.2 Å². The van der Waals surface area contributed by atoms with Gasteiger partial charge in [0.15, 0.2) is 0 Å². The summed E-state index contributed by atoms with van der Waals surface area (Å²) in [5, 5.41) is 18.1. The second-order valence-electron chi connectivity index (χ2n) is 1.43. The monoisotopic (exact) mass is 249 g/mol. The molecule has 0 atom stereocenters. The fourth-order valence-corrected chi connectivity index (χ4v) is 0.362. The summed E-state index contributed by atoms with van der Waals surface area (Å²) in [5.41, 5.74) is 0. The molecule has 0 amide bonds. The second-order valence-corrected chi connectivity index (χ2v) is 2.31. The molecule has 0 heterocycles. The van der Waals surface area contributed by atoms with E-state index in [-0.39, 0.29) is 5.12 Å². The molecule has 90 valence electrons. The van der Waals surface area contributed by atoms with E-state index in [2.05, 4.69) is 50.2 Å². The van der Waals surface area contributed by atoms with Crippen LogP contribution in [0.5, 0.6) is 0 Å². The highest BCUT2D eigenvalue weighted by atomic mass is 32.2. The first-order chi connectivity index (χ1) is 7.27. The zero-order valence-electron chi connectivity index (χ0n) is 7.28. The largest absolute Gasteiger partial charge is 0.285 e. The van der Waals surface area contributed by atoms with Crippen LogP contribution >= 0.6 is 12.0 Å². The van der Waals surface area contributed by atoms with E-state index in [9.17, 15) is 4.79 Å². The predicted octanol–water partition coefficient (Wildman–Crippen LogP) is -0.433.